The third kappa shape index (κ3) is 4.41. The molecule has 0 spiro atoms. The maximum atomic E-state index is 15.7. The van der Waals surface area contributed by atoms with Crippen molar-refractivity contribution in [3.63, 3.8) is 0 Å². The van der Waals surface area contributed by atoms with Gasteiger partial charge in [0, 0.05) is 30.2 Å². The van der Waals surface area contributed by atoms with Crippen LogP contribution in [0.25, 0.3) is 5.57 Å². The van der Waals surface area contributed by atoms with E-state index in [1.807, 2.05) is 45.9 Å². The summed E-state index contributed by atoms with van der Waals surface area (Å²) in [5.74, 6) is 0. The highest BCUT2D eigenvalue weighted by Gasteiger charge is 2.53. The zero-order valence-electron chi connectivity index (χ0n) is 16.5. The lowest BCUT2D eigenvalue weighted by atomic mass is 9.82. The normalized spacial score (nSPS) is 24.2. The van der Waals surface area contributed by atoms with Crippen molar-refractivity contribution in [1.82, 2.24) is 4.90 Å². The molecule has 2 fully saturated rings. The number of hydrogen-bond acceptors (Lipinski definition) is 4. The Bertz CT molecular complexity index is 701. The first-order chi connectivity index (χ1) is 12.6. The van der Waals surface area contributed by atoms with Crippen LogP contribution in [0, 0.1) is 0 Å². The van der Waals surface area contributed by atoms with E-state index in [1.165, 1.54) is 0 Å². The van der Waals surface area contributed by atoms with Crippen LogP contribution < -0.4 is 0 Å². The van der Waals surface area contributed by atoms with Gasteiger partial charge in [0.15, 0.2) is 0 Å². The molecule has 4 nitrogen and oxygen atoms in total. The van der Waals surface area contributed by atoms with Crippen molar-refractivity contribution in [1.29, 1.82) is 0 Å². The molecule has 0 aromatic heterocycles. The van der Waals surface area contributed by atoms with Crippen LogP contribution in [0.3, 0.4) is 0 Å². The van der Waals surface area contributed by atoms with Gasteiger partial charge in [-0.1, -0.05) is 29.8 Å². The first-order valence-corrected chi connectivity index (χ1v) is 9.88. The van der Waals surface area contributed by atoms with Gasteiger partial charge < -0.3 is 14.4 Å². The lowest BCUT2D eigenvalue weighted by Crippen LogP contribution is -2.41. The fourth-order valence-electron chi connectivity index (χ4n) is 3.39. The van der Waals surface area contributed by atoms with Crippen LogP contribution in [0.15, 0.2) is 30.0 Å². The predicted octanol–water partition coefficient (Wildman–Crippen LogP) is 4.11. The molecule has 2 heterocycles. The minimum absolute atomic E-state index is 0.276. The fraction of sp³-hybridized carbons (Fsp3) is 0.600. The quantitative estimate of drug-likeness (QED) is 0.779. The van der Waals surface area contributed by atoms with E-state index >= 15 is 4.39 Å². The lowest BCUT2D eigenvalue weighted by Gasteiger charge is -2.32. The number of likely N-dealkylation sites (tertiary alicyclic amines) is 1. The van der Waals surface area contributed by atoms with Gasteiger partial charge in [0.1, 0.15) is 5.73 Å². The second-order valence-electron chi connectivity index (χ2n) is 8.40. The van der Waals surface area contributed by atoms with E-state index in [2.05, 4.69) is 4.90 Å². The number of aliphatic hydroxyl groups excluding tert-OH is 1. The molecule has 148 valence electrons. The van der Waals surface area contributed by atoms with Gasteiger partial charge >= 0.3 is 7.12 Å². The maximum Gasteiger partial charge on any atom is 0.525 e. The van der Waals surface area contributed by atoms with Crippen LogP contribution in [0.2, 0.25) is 5.02 Å². The highest BCUT2D eigenvalue weighted by Crippen LogP contribution is 2.41. The highest BCUT2D eigenvalue weighted by atomic mass is 35.5. The summed E-state index contributed by atoms with van der Waals surface area (Å²) in [5.41, 5.74) is -0.535. The van der Waals surface area contributed by atoms with Crippen molar-refractivity contribution >= 4 is 24.3 Å². The average Bonchev–Trinajstić information content (AvgIpc) is 2.82. The van der Waals surface area contributed by atoms with Crippen molar-refractivity contribution < 1.29 is 18.8 Å². The first-order valence-electron chi connectivity index (χ1n) is 9.50. The zero-order valence-corrected chi connectivity index (χ0v) is 17.2. The van der Waals surface area contributed by atoms with Crippen LogP contribution in [-0.2, 0) is 9.31 Å². The molecule has 2 aliphatic rings. The van der Waals surface area contributed by atoms with E-state index in [0.717, 1.165) is 0 Å². The van der Waals surface area contributed by atoms with Gasteiger partial charge in [-0.25, -0.2) is 4.39 Å². The topological polar surface area (TPSA) is 41.9 Å². The Morgan fingerprint density at radius 3 is 2.30 bits per heavy atom. The van der Waals surface area contributed by atoms with E-state index in [-0.39, 0.29) is 6.10 Å². The second kappa shape index (κ2) is 7.84. The molecule has 3 rings (SSSR count). The van der Waals surface area contributed by atoms with Gasteiger partial charge in [-0.15, -0.1) is 0 Å². The molecule has 1 N–H and O–H groups in total. The highest BCUT2D eigenvalue weighted by molar-refractivity contribution is 6.55. The zero-order chi connectivity index (χ0) is 19.8. The van der Waals surface area contributed by atoms with E-state index in [9.17, 15) is 5.11 Å². The number of halogens is 2. The van der Waals surface area contributed by atoms with Gasteiger partial charge in [-0.3, -0.25) is 4.90 Å². The summed E-state index contributed by atoms with van der Waals surface area (Å²) in [4.78, 5) is 2.14. The summed E-state index contributed by atoms with van der Waals surface area (Å²) < 4.78 is 27.5. The number of rotatable bonds is 4. The Morgan fingerprint density at radius 1 is 1.19 bits per heavy atom. The second-order valence-corrected chi connectivity index (χ2v) is 8.81. The Hall–Kier alpha value is -0.915. The molecule has 0 amide bonds. The van der Waals surface area contributed by atoms with Crippen molar-refractivity contribution in [2.45, 2.75) is 57.8 Å². The molecular formula is C20H28BClFNO3. The average molecular weight is 396 g/mol. The molecule has 0 saturated carbocycles. The molecule has 2 aliphatic heterocycles. The van der Waals surface area contributed by atoms with E-state index in [0.29, 0.717) is 48.6 Å². The minimum Gasteiger partial charge on any atom is -0.398 e. The van der Waals surface area contributed by atoms with Crippen LogP contribution in [0.4, 0.5) is 4.39 Å². The van der Waals surface area contributed by atoms with Crippen molar-refractivity contribution in [3.05, 3.63) is 40.6 Å². The molecule has 7 heteroatoms. The van der Waals surface area contributed by atoms with Gasteiger partial charge in [0.25, 0.3) is 0 Å². The smallest absolute Gasteiger partial charge is 0.398 e. The summed E-state index contributed by atoms with van der Waals surface area (Å²) in [5, 5.41) is 10.2. The summed E-state index contributed by atoms with van der Waals surface area (Å²) in [6, 6.07) is 7.25. The number of nitrogens with zero attached hydrogens (tertiary/aromatic N) is 1. The molecule has 1 aromatic carbocycles. The number of piperidine rings is 1. The molecule has 0 aliphatic carbocycles. The fourth-order valence-corrected chi connectivity index (χ4v) is 3.63. The summed E-state index contributed by atoms with van der Waals surface area (Å²) in [6.45, 7) is 9.44. The molecule has 0 atom stereocenters. The Kier molecular flexibility index (Phi) is 6.04. The number of aliphatic hydroxyl groups is 1. The van der Waals surface area contributed by atoms with E-state index < -0.39 is 24.0 Å². The van der Waals surface area contributed by atoms with Gasteiger partial charge in [-0.2, -0.15) is 0 Å². The molecule has 0 bridgehead atoms. The number of benzene rings is 1. The van der Waals surface area contributed by atoms with E-state index in [4.69, 9.17) is 20.9 Å². The van der Waals surface area contributed by atoms with Crippen LogP contribution in [-0.4, -0.2) is 54.1 Å². The monoisotopic (exact) mass is 395 g/mol. The summed E-state index contributed by atoms with van der Waals surface area (Å²) in [7, 11) is -1.06. The predicted molar refractivity (Wildman–Crippen MR) is 107 cm³/mol. The van der Waals surface area contributed by atoms with Crippen molar-refractivity contribution in [2.75, 3.05) is 19.6 Å². The van der Waals surface area contributed by atoms with Gasteiger partial charge in [-0.05, 0) is 52.2 Å². The van der Waals surface area contributed by atoms with Gasteiger partial charge in [0.2, 0.25) is 0 Å². The molecule has 0 radical (unpaired) electrons. The van der Waals surface area contributed by atoms with Crippen molar-refractivity contribution in [3.8, 4) is 0 Å². The standard InChI is InChI=1S/C20H28BClFNO3/c1-19(2)20(3,4)27-21(26-19)18(23)16(15-7-5-6-8-17(15)22)13-24-11-9-14(25)10-12-24/h5-8,14,25H,9-13H2,1-4H3. The minimum atomic E-state index is -1.06. The Balaban J connectivity index is 1.94. The van der Waals surface area contributed by atoms with Crippen LogP contribution in [0.5, 0.6) is 0 Å². The Morgan fingerprint density at radius 2 is 1.74 bits per heavy atom. The van der Waals surface area contributed by atoms with Gasteiger partial charge in [0.05, 0.1) is 17.3 Å². The summed E-state index contributed by atoms with van der Waals surface area (Å²) in [6.07, 6.45) is 1.10. The molecule has 27 heavy (non-hydrogen) atoms. The van der Waals surface area contributed by atoms with Crippen LogP contribution in [0.1, 0.15) is 46.1 Å². The third-order valence-corrected chi connectivity index (χ3v) is 6.22. The maximum absolute atomic E-state index is 15.7. The molecule has 0 unspecified atom stereocenters. The summed E-state index contributed by atoms with van der Waals surface area (Å²) >= 11 is 6.38. The third-order valence-electron chi connectivity index (χ3n) is 5.89. The van der Waals surface area contributed by atoms with Crippen molar-refractivity contribution in [2.24, 2.45) is 0 Å². The molecule has 1 aromatic rings. The van der Waals surface area contributed by atoms with E-state index in [1.54, 1.807) is 6.07 Å². The Labute approximate surface area is 166 Å². The lowest BCUT2D eigenvalue weighted by molar-refractivity contribution is 0.00578. The molecule has 2 saturated heterocycles. The SMILES string of the molecule is CC1(C)OB(C(F)=C(CN2CCC(O)CC2)c2ccccc2Cl)OC1(C)C. The largest absolute Gasteiger partial charge is 0.525 e. The van der Waals surface area contributed by atoms with Crippen LogP contribution >= 0.6 is 11.6 Å². The first kappa shape index (κ1) is 20.8. The molecular weight excluding hydrogens is 367 g/mol. The number of hydrogen-bond donors (Lipinski definition) is 1.